The minimum atomic E-state index is -2.57. The highest BCUT2D eigenvalue weighted by atomic mass is 28.5. The lowest BCUT2D eigenvalue weighted by molar-refractivity contribution is 0.0367. The molecule has 2 aliphatic rings. The third-order valence-electron chi connectivity index (χ3n) is 7.99. The molecule has 34 heavy (non-hydrogen) atoms. The van der Waals surface area contributed by atoms with E-state index in [4.69, 9.17) is 13.0 Å². The number of fused-ring (bicyclic) bond motifs is 2. The Bertz CT molecular complexity index is 980. The minimum Gasteiger partial charge on any atom is -0.414 e. The van der Waals surface area contributed by atoms with E-state index >= 15 is 0 Å². The number of nitrogens with one attached hydrogen (secondary N) is 1. The van der Waals surface area contributed by atoms with Gasteiger partial charge in [0.2, 0.25) is 0 Å². The van der Waals surface area contributed by atoms with Crippen molar-refractivity contribution < 1.29 is 13.0 Å². The molecular weight excluding hydrogens is 462 g/mol. The summed E-state index contributed by atoms with van der Waals surface area (Å²) < 4.78 is 23.8. The molecule has 1 saturated carbocycles. The van der Waals surface area contributed by atoms with Crippen LogP contribution in [0.4, 0.5) is 5.82 Å². The van der Waals surface area contributed by atoms with Gasteiger partial charge in [0, 0.05) is 25.6 Å². The van der Waals surface area contributed by atoms with Gasteiger partial charge in [-0.25, -0.2) is 15.0 Å². The van der Waals surface area contributed by atoms with E-state index in [0.717, 1.165) is 29.8 Å². The van der Waals surface area contributed by atoms with Gasteiger partial charge in [0.05, 0.1) is 12.4 Å². The van der Waals surface area contributed by atoms with E-state index in [1.807, 2.05) is 13.4 Å². The zero-order valence-corrected chi connectivity index (χ0v) is 24.3. The minimum absolute atomic E-state index is 0.121. The third-order valence-corrected chi connectivity index (χ3v) is 18.3. The number of imidazole rings is 1. The fraction of sp³-hybridized carbons (Fsp3) is 0.792. The van der Waals surface area contributed by atoms with E-state index in [1.54, 1.807) is 6.33 Å². The highest BCUT2D eigenvalue weighted by Crippen LogP contribution is 2.50. The Morgan fingerprint density at radius 1 is 0.912 bits per heavy atom. The number of anilines is 1. The molecule has 1 aliphatic carbocycles. The molecule has 1 saturated heterocycles. The summed E-state index contributed by atoms with van der Waals surface area (Å²) in [4.78, 5) is 13.5. The predicted molar refractivity (Wildman–Crippen MR) is 140 cm³/mol. The van der Waals surface area contributed by atoms with Gasteiger partial charge >= 0.3 is 17.1 Å². The van der Waals surface area contributed by atoms with Crippen molar-refractivity contribution in [2.24, 2.45) is 5.92 Å². The Labute approximate surface area is 206 Å². The van der Waals surface area contributed by atoms with Crippen LogP contribution in [0.3, 0.4) is 0 Å². The van der Waals surface area contributed by atoms with Gasteiger partial charge in [-0.3, -0.25) is 0 Å². The van der Waals surface area contributed by atoms with Gasteiger partial charge in [0.25, 0.3) is 0 Å². The quantitative estimate of drug-likeness (QED) is 0.499. The lowest BCUT2D eigenvalue weighted by atomic mass is 10.1. The molecule has 10 heteroatoms. The zero-order chi connectivity index (χ0) is 24.8. The first kappa shape index (κ1) is 25.7. The van der Waals surface area contributed by atoms with Crippen molar-refractivity contribution in [3.8, 4) is 0 Å². The van der Waals surface area contributed by atoms with E-state index in [-0.39, 0.29) is 12.1 Å². The van der Waals surface area contributed by atoms with Crippen LogP contribution in [0.15, 0.2) is 12.7 Å². The van der Waals surface area contributed by atoms with Crippen molar-refractivity contribution in [3.05, 3.63) is 12.7 Å². The second kappa shape index (κ2) is 9.61. The van der Waals surface area contributed by atoms with Crippen LogP contribution in [0, 0.1) is 5.92 Å². The summed E-state index contributed by atoms with van der Waals surface area (Å²) in [6, 6.07) is 0.265. The number of rotatable bonds is 6. The predicted octanol–water partition coefficient (Wildman–Crippen LogP) is 5.78. The Hall–Kier alpha value is -1.34. The Balaban J connectivity index is 1.72. The maximum Gasteiger partial charge on any atom is 0.334 e. The molecule has 0 aromatic carbocycles. The highest BCUT2D eigenvalue weighted by molar-refractivity contribution is 6.83. The molecule has 2 aromatic rings. The largest absolute Gasteiger partial charge is 0.414 e. The van der Waals surface area contributed by atoms with Crippen molar-refractivity contribution in [1.82, 2.24) is 19.5 Å². The number of aromatic nitrogens is 4. The first-order chi connectivity index (χ1) is 16.1. The van der Waals surface area contributed by atoms with Gasteiger partial charge < -0.3 is 22.9 Å². The van der Waals surface area contributed by atoms with Gasteiger partial charge in [0.15, 0.2) is 11.5 Å². The standard InChI is InChI=1S/C24H43N5O3Si2/c1-15(2)33(16(3)4)30-12-19-10-20(11-21(19)31-34(32-33,17(5)6)18(7)8)29-14-28-22-23(25-9)26-13-27-24(22)29/h13-21H,10-12H2,1-9H3,(H,25,26,27)/t19?,20-,21+/m1/s1. The Kier molecular flexibility index (Phi) is 7.28. The van der Waals surface area contributed by atoms with Crippen LogP contribution < -0.4 is 5.32 Å². The monoisotopic (exact) mass is 505 g/mol. The average Bonchev–Trinajstić information content (AvgIpc) is 3.36. The molecule has 1 N–H and O–H groups in total. The van der Waals surface area contributed by atoms with Crippen molar-refractivity contribution in [2.75, 3.05) is 19.0 Å². The van der Waals surface area contributed by atoms with Crippen LogP contribution in [0.5, 0.6) is 0 Å². The van der Waals surface area contributed by atoms with E-state index < -0.39 is 17.1 Å². The molecule has 190 valence electrons. The Morgan fingerprint density at radius 3 is 2.15 bits per heavy atom. The molecule has 1 aliphatic heterocycles. The summed E-state index contributed by atoms with van der Waals surface area (Å²) in [5.41, 5.74) is 3.11. The highest BCUT2D eigenvalue weighted by Gasteiger charge is 2.59. The number of hydrogen-bond donors (Lipinski definition) is 1. The summed E-state index contributed by atoms with van der Waals surface area (Å²) in [5, 5.41) is 3.13. The van der Waals surface area contributed by atoms with Crippen molar-refractivity contribution in [2.45, 2.75) is 103 Å². The molecule has 1 unspecified atom stereocenters. The lowest BCUT2D eigenvalue weighted by Gasteiger charge is -2.51. The summed E-state index contributed by atoms with van der Waals surface area (Å²) in [6.07, 6.45) is 5.57. The van der Waals surface area contributed by atoms with E-state index in [2.05, 4.69) is 80.2 Å². The van der Waals surface area contributed by atoms with Crippen LogP contribution in [-0.4, -0.2) is 56.4 Å². The van der Waals surface area contributed by atoms with Crippen LogP contribution in [0.1, 0.15) is 74.3 Å². The number of hydrogen-bond acceptors (Lipinski definition) is 7. The molecule has 0 spiro atoms. The van der Waals surface area contributed by atoms with E-state index in [9.17, 15) is 0 Å². The average molecular weight is 506 g/mol. The maximum atomic E-state index is 7.33. The lowest BCUT2D eigenvalue weighted by Crippen LogP contribution is -2.64. The van der Waals surface area contributed by atoms with Crippen LogP contribution >= 0.6 is 0 Å². The molecule has 3 atom stereocenters. The molecule has 8 nitrogen and oxygen atoms in total. The molecule has 2 fully saturated rings. The van der Waals surface area contributed by atoms with Gasteiger partial charge in [-0.2, -0.15) is 0 Å². The summed E-state index contributed by atoms with van der Waals surface area (Å²) in [6.45, 7) is 19.0. The molecule has 0 bridgehead atoms. The van der Waals surface area contributed by atoms with Gasteiger partial charge in [-0.1, -0.05) is 55.4 Å². The maximum absolute atomic E-state index is 7.33. The topological polar surface area (TPSA) is 83.3 Å². The SMILES string of the molecule is CNc1ncnc2c1ncn2[C@@H]1CC2CO[Si](C(C)C)(C(C)C)O[Si](C(C)C)(C(C)C)O[C@H]2C1. The summed E-state index contributed by atoms with van der Waals surface area (Å²) in [5.74, 6) is 1.10. The van der Waals surface area contributed by atoms with Crippen molar-refractivity contribution in [3.63, 3.8) is 0 Å². The zero-order valence-electron chi connectivity index (χ0n) is 22.3. The van der Waals surface area contributed by atoms with Gasteiger partial charge in [-0.15, -0.1) is 0 Å². The second-order valence-corrected chi connectivity index (χ2v) is 20.2. The number of nitrogens with zero attached hydrogens (tertiary/aromatic N) is 4. The van der Waals surface area contributed by atoms with E-state index in [1.165, 1.54) is 0 Å². The first-order valence-corrected chi connectivity index (χ1v) is 16.9. The molecule has 2 aromatic heterocycles. The first-order valence-electron chi connectivity index (χ1n) is 12.9. The third kappa shape index (κ3) is 4.15. The van der Waals surface area contributed by atoms with E-state index in [0.29, 0.717) is 34.7 Å². The van der Waals surface area contributed by atoms with Gasteiger partial charge in [0.1, 0.15) is 11.8 Å². The van der Waals surface area contributed by atoms with Gasteiger partial charge in [-0.05, 0) is 35.0 Å². The second-order valence-electron chi connectivity index (χ2n) is 11.3. The van der Waals surface area contributed by atoms with Crippen molar-refractivity contribution in [1.29, 1.82) is 0 Å². The van der Waals surface area contributed by atoms with Crippen molar-refractivity contribution >= 4 is 34.1 Å². The molecule has 0 amide bonds. The molecule has 4 rings (SSSR count). The molecule has 3 heterocycles. The molecular formula is C24H43N5O3Si2. The Morgan fingerprint density at radius 2 is 1.56 bits per heavy atom. The molecule has 0 radical (unpaired) electrons. The fourth-order valence-electron chi connectivity index (χ4n) is 6.09. The smallest absolute Gasteiger partial charge is 0.334 e. The van der Waals surface area contributed by atoms with Crippen LogP contribution in [0.25, 0.3) is 11.2 Å². The normalized spacial score (nSPS) is 26.9. The fourth-order valence-corrected chi connectivity index (χ4v) is 17.4. The summed E-state index contributed by atoms with van der Waals surface area (Å²) in [7, 11) is -3.20. The van der Waals surface area contributed by atoms with Crippen LogP contribution in [-0.2, 0) is 13.0 Å². The van der Waals surface area contributed by atoms with Crippen LogP contribution in [0.2, 0.25) is 22.2 Å². The summed E-state index contributed by atoms with van der Waals surface area (Å²) >= 11 is 0.